The Hall–Kier alpha value is -0.650. The molecule has 0 aromatic heterocycles. The van der Waals surface area contributed by atoms with Crippen molar-refractivity contribution in [3.8, 4) is 0 Å². The maximum absolute atomic E-state index is 12.0. The van der Waals surface area contributed by atoms with Crippen LogP contribution in [0, 0.1) is 0 Å². The van der Waals surface area contributed by atoms with E-state index in [1.807, 2.05) is 6.92 Å². The standard InChI is InChI=1S/C16H30N2O3/c1-4-9-17-16(2,15(19)20-3)8-5-10-18-11-13-6-7-14(12-18)21-13/h13-14,17H,4-12H2,1-3H3. The first kappa shape index (κ1) is 16.7. The molecule has 0 aromatic rings. The summed E-state index contributed by atoms with van der Waals surface area (Å²) in [5.74, 6) is -0.155. The summed E-state index contributed by atoms with van der Waals surface area (Å²) in [6.07, 6.45) is 6.12. The van der Waals surface area contributed by atoms with Gasteiger partial charge in [-0.3, -0.25) is 9.69 Å². The number of rotatable bonds is 8. The van der Waals surface area contributed by atoms with E-state index in [4.69, 9.17) is 9.47 Å². The van der Waals surface area contributed by atoms with Crippen molar-refractivity contribution >= 4 is 5.97 Å². The van der Waals surface area contributed by atoms with Crippen LogP contribution < -0.4 is 5.32 Å². The lowest BCUT2D eigenvalue weighted by Gasteiger charge is -2.33. The molecule has 2 fully saturated rings. The second kappa shape index (κ2) is 7.56. The summed E-state index contributed by atoms with van der Waals surface area (Å²) in [7, 11) is 1.47. The van der Waals surface area contributed by atoms with Crippen LogP contribution in [0.3, 0.4) is 0 Å². The molecule has 2 aliphatic rings. The molecule has 5 heteroatoms. The van der Waals surface area contributed by atoms with Gasteiger partial charge in [0.15, 0.2) is 0 Å². The summed E-state index contributed by atoms with van der Waals surface area (Å²) in [5.41, 5.74) is -0.559. The van der Waals surface area contributed by atoms with Gasteiger partial charge in [-0.05, 0) is 52.1 Å². The van der Waals surface area contributed by atoms with Crippen LogP contribution in [0.5, 0.6) is 0 Å². The molecule has 0 amide bonds. The van der Waals surface area contributed by atoms with Crippen molar-refractivity contribution in [2.24, 2.45) is 0 Å². The van der Waals surface area contributed by atoms with Gasteiger partial charge in [0.25, 0.3) is 0 Å². The lowest BCUT2D eigenvalue weighted by Crippen LogP contribution is -2.51. The topological polar surface area (TPSA) is 50.8 Å². The number of likely N-dealkylation sites (tertiary alicyclic amines) is 1. The van der Waals surface area contributed by atoms with Crippen LogP contribution in [-0.4, -0.2) is 61.9 Å². The molecule has 0 aliphatic carbocycles. The highest BCUT2D eigenvalue weighted by atomic mass is 16.5. The fraction of sp³-hybridized carbons (Fsp3) is 0.938. The molecule has 2 aliphatic heterocycles. The monoisotopic (exact) mass is 298 g/mol. The van der Waals surface area contributed by atoms with E-state index < -0.39 is 5.54 Å². The summed E-state index contributed by atoms with van der Waals surface area (Å²) in [4.78, 5) is 14.5. The quantitative estimate of drug-likeness (QED) is 0.689. The number of hydrogen-bond acceptors (Lipinski definition) is 5. The van der Waals surface area contributed by atoms with Gasteiger partial charge in [-0.1, -0.05) is 6.92 Å². The van der Waals surface area contributed by atoms with Gasteiger partial charge in [-0.2, -0.15) is 0 Å². The first-order chi connectivity index (χ1) is 10.1. The molecule has 122 valence electrons. The highest BCUT2D eigenvalue weighted by Gasteiger charge is 2.35. The lowest BCUT2D eigenvalue weighted by molar-refractivity contribution is -0.148. The number of ether oxygens (including phenoxy) is 2. The minimum atomic E-state index is -0.559. The maximum atomic E-state index is 12.0. The first-order valence-corrected chi connectivity index (χ1v) is 8.28. The molecule has 0 aromatic carbocycles. The molecule has 2 bridgehead atoms. The highest BCUT2D eigenvalue weighted by Crippen LogP contribution is 2.26. The number of morpholine rings is 1. The zero-order valence-corrected chi connectivity index (χ0v) is 13.7. The Labute approximate surface area is 128 Å². The van der Waals surface area contributed by atoms with E-state index in [0.29, 0.717) is 12.2 Å². The molecule has 2 rings (SSSR count). The smallest absolute Gasteiger partial charge is 0.325 e. The second-order valence-electron chi connectivity index (χ2n) is 6.57. The normalized spacial score (nSPS) is 28.3. The Morgan fingerprint density at radius 3 is 2.62 bits per heavy atom. The lowest BCUT2D eigenvalue weighted by atomic mass is 9.95. The van der Waals surface area contributed by atoms with Crippen LogP contribution in [0.25, 0.3) is 0 Å². The molecular formula is C16H30N2O3. The van der Waals surface area contributed by atoms with Gasteiger partial charge in [-0.25, -0.2) is 0 Å². The highest BCUT2D eigenvalue weighted by molar-refractivity contribution is 5.80. The van der Waals surface area contributed by atoms with Gasteiger partial charge in [-0.15, -0.1) is 0 Å². The van der Waals surface area contributed by atoms with Crippen molar-refractivity contribution in [2.75, 3.05) is 33.3 Å². The molecule has 1 N–H and O–H groups in total. The number of esters is 1. The Kier molecular flexibility index (Phi) is 6.02. The summed E-state index contributed by atoms with van der Waals surface area (Å²) in [6.45, 7) is 8.04. The van der Waals surface area contributed by atoms with E-state index in [-0.39, 0.29) is 5.97 Å². The van der Waals surface area contributed by atoms with Crippen molar-refractivity contribution in [1.29, 1.82) is 0 Å². The summed E-state index contributed by atoms with van der Waals surface area (Å²) < 4.78 is 10.8. The molecule has 2 saturated heterocycles. The minimum Gasteiger partial charge on any atom is -0.468 e. The molecule has 0 radical (unpaired) electrons. The van der Waals surface area contributed by atoms with Crippen molar-refractivity contribution in [1.82, 2.24) is 10.2 Å². The zero-order valence-electron chi connectivity index (χ0n) is 13.7. The largest absolute Gasteiger partial charge is 0.468 e. The Morgan fingerprint density at radius 2 is 2.05 bits per heavy atom. The third-order valence-corrected chi connectivity index (χ3v) is 4.67. The zero-order chi connectivity index (χ0) is 15.3. The SMILES string of the molecule is CCCNC(C)(CCCN1CC2CCC(C1)O2)C(=O)OC. The summed E-state index contributed by atoms with van der Waals surface area (Å²) in [6, 6.07) is 0. The third-order valence-electron chi connectivity index (χ3n) is 4.67. The number of nitrogens with one attached hydrogen (secondary N) is 1. The number of carbonyl (C=O) groups is 1. The van der Waals surface area contributed by atoms with E-state index in [2.05, 4.69) is 17.1 Å². The summed E-state index contributed by atoms with van der Waals surface area (Å²) in [5, 5.41) is 3.35. The number of methoxy groups -OCH3 is 1. The van der Waals surface area contributed by atoms with Crippen LogP contribution in [0.4, 0.5) is 0 Å². The van der Waals surface area contributed by atoms with E-state index in [1.54, 1.807) is 0 Å². The van der Waals surface area contributed by atoms with Crippen LogP contribution in [0.15, 0.2) is 0 Å². The van der Waals surface area contributed by atoms with Gasteiger partial charge in [0, 0.05) is 13.1 Å². The van der Waals surface area contributed by atoms with Gasteiger partial charge >= 0.3 is 5.97 Å². The van der Waals surface area contributed by atoms with Crippen LogP contribution in [-0.2, 0) is 14.3 Å². The molecule has 3 unspecified atom stereocenters. The maximum Gasteiger partial charge on any atom is 0.325 e. The molecule has 2 heterocycles. The number of nitrogens with zero attached hydrogens (tertiary/aromatic N) is 1. The molecule has 3 atom stereocenters. The Bertz CT molecular complexity index is 338. The van der Waals surface area contributed by atoms with Crippen molar-refractivity contribution in [3.05, 3.63) is 0 Å². The predicted molar refractivity (Wildman–Crippen MR) is 82.3 cm³/mol. The van der Waals surface area contributed by atoms with Gasteiger partial charge < -0.3 is 14.8 Å². The van der Waals surface area contributed by atoms with Gasteiger partial charge in [0.2, 0.25) is 0 Å². The fourth-order valence-electron chi connectivity index (χ4n) is 3.43. The third kappa shape index (κ3) is 4.41. The van der Waals surface area contributed by atoms with Gasteiger partial charge in [0.05, 0.1) is 19.3 Å². The molecule has 5 nitrogen and oxygen atoms in total. The minimum absolute atomic E-state index is 0.155. The number of carbonyl (C=O) groups excluding carboxylic acids is 1. The van der Waals surface area contributed by atoms with Crippen LogP contribution >= 0.6 is 0 Å². The van der Waals surface area contributed by atoms with Crippen molar-refractivity contribution in [3.63, 3.8) is 0 Å². The van der Waals surface area contributed by atoms with Crippen LogP contribution in [0.1, 0.15) is 46.0 Å². The van der Waals surface area contributed by atoms with E-state index in [9.17, 15) is 4.79 Å². The number of hydrogen-bond donors (Lipinski definition) is 1. The molecule has 21 heavy (non-hydrogen) atoms. The molecule has 0 saturated carbocycles. The van der Waals surface area contributed by atoms with Crippen LogP contribution in [0.2, 0.25) is 0 Å². The van der Waals surface area contributed by atoms with Crippen molar-refractivity contribution < 1.29 is 14.3 Å². The predicted octanol–water partition coefficient (Wildman–Crippen LogP) is 1.56. The second-order valence-corrected chi connectivity index (χ2v) is 6.57. The molecule has 0 spiro atoms. The number of fused-ring (bicyclic) bond motifs is 2. The van der Waals surface area contributed by atoms with E-state index in [0.717, 1.165) is 45.4 Å². The Morgan fingerprint density at radius 1 is 1.38 bits per heavy atom. The Balaban J connectivity index is 1.77. The van der Waals surface area contributed by atoms with Crippen molar-refractivity contribution in [2.45, 2.75) is 63.7 Å². The average Bonchev–Trinajstić information content (AvgIpc) is 2.83. The van der Waals surface area contributed by atoms with Gasteiger partial charge in [0.1, 0.15) is 5.54 Å². The van der Waals surface area contributed by atoms with E-state index >= 15 is 0 Å². The fourth-order valence-corrected chi connectivity index (χ4v) is 3.43. The first-order valence-electron chi connectivity index (χ1n) is 8.28. The molecular weight excluding hydrogens is 268 g/mol. The van der Waals surface area contributed by atoms with E-state index in [1.165, 1.54) is 20.0 Å². The average molecular weight is 298 g/mol. The summed E-state index contributed by atoms with van der Waals surface area (Å²) >= 11 is 0.